The van der Waals surface area contributed by atoms with E-state index in [0.717, 1.165) is 33.6 Å². The number of nitrogens with zero attached hydrogens (tertiary/aromatic N) is 3. The molecule has 1 aliphatic rings. The van der Waals surface area contributed by atoms with Gasteiger partial charge in [-0.15, -0.1) is 11.3 Å². The van der Waals surface area contributed by atoms with Crippen molar-refractivity contribution in [2.45, 2.75) is 32.2 Å². The van der Waals surface area contributed by atoms with E-state index in [1.54, 1.807) is 11.3 Å². The van der Waals surface area contributed by atoms with Crippen LogP contribution >= 0.6 is 22.9 Å². The lowest BCUT2D eigenvalue weighted by Gasteiger charge is -2.33. The number of aliphatic hydroxyl groups is 1. The number of anilines is 1. The minimum Gasteiger partial charge on any atom is -0.396 e. The molecule has 3 atom stereocenters. The van der Waals surface area contributed by atoms with Gasteiger partial charge in [0, 0.05) is 12.1 Å². The molecule has 2 N–H and O–H groups in total. The summed E-state index contributed by atoms with van der Waals surface area (Å²) in [6.45, 7) is 4.58. The quantitative estimate of drug-likeness (QED) is 0.638. The third kappa shape index (κ3) is 2.96. The Labute approximate surface area is 161 Å². The maximum absolute atomic E-state index is 9.61. The van der Waals surface area contributed by atoms with Crippen LogP contribution in [0.3, 0.4) is 0 Å². The molecule has 26 heavy (non-hydrogen) atoms. The second-order valence-corrected chi connectivity index (χ2v) is 8.58. The van der Waals surface area contributed by atoms with Crippen LogP contribution in [0.1, 0.15) is 26.7 Å². The van der Waals surface area contributed by atoms with E-state index in [2.05, 4.69) is 29.1 Å². The fraction of sp³-hybridized carbons (Fsp3) is 0.421. The van der Waals surface area contributed by atoms with Crippen LogP contribution < -0.4 is 5.32 Å². The van der Waals surface area contributed by atoms with Gasteiger partial charge in [0.05, 0.1) is 15.8 Å². The van der Waals surface area contributed by atoms with Gasteiger partial charge < -0.3 is 10.4 Å². The summed E-state index contributed by atoms with van der Waals surface area (Å²) in [6.07, 6.45) is 3.45. The highest BCUT2D eigenvalue weighted by atomic mass is 35.5. The third-order valence-corrected chi connectivity index (χ3v) is 7.03. The molecule has 0 radical (unpaired) electrons. The first-order valence-electron chi connectivity index (χ1n) is 8.77. The molecule has 1 aliphatic carbocycles. The molecule has 0 aliphatic heterocycles. The van der Waals surface area contributed by atoms with E-state index in [4.69, 9.17) is 16.6 Å². The van der Waals surface area contributed by atoms with Gasteiger partial charge in [0.15, 0.2) is 0 Å². The minimum atomic E-state index is -0.156. The van der Waals surface area contributed by atoms with Crippen LogP contribution in [0.5, 0.6) is 0 Å². The van der Waals surface area contributed by atoms with Gasteiger partial charge in [0.25, 0.3) is 0 Å². The zero-order chi connectivity index (χ0) is 18.3. The molecule has 7 heteroatoms. The Bertz CT molecular complexity index is 913. The van der Waals surface area contributed by atoms with Gasteiger partial charge in [-0.3, -0.25) is 0 Å². The molecule has 0 saturated heterocycles. The Morgan fingerprint density at radius 3 is 2.88 bits per heavy atom. The fourth-order valence-corrected chi connectivity index (χ4v) is 5.10. The van der Waals surface area contributed by atoms with E-state index in [1.165, 1.54) is 6.33 Å². The number of benzene rings is 1. The molecule has 3 unspecified atom stereocenters. The Morgan fingerprint density at radius 1 is 1.35 bits per heavy atom. The van der Waals surface area contributed by atoms with E-state index < -0.39 is 0 Å². The third-order valence-electron chi connectivity index (χ3n) is 5.69. The number of hydrogen-bond acceptors (Lipinski definition) is 6. The fourth-order valence-electron chi connectivity index (χ4n) is 3.81. The number of aliphatic hydroxyl groups excluding tert-OH is 1. The van der Waals surface area contributed by atoms with Gasteiger partial charge in [0.2, 0.25) is 0 Å². The van der Waals surface area contributed by atoms with E-state index >= 15 is 0 Å². The van der Waals surface area contributed by atoms with Crippen LogP contribution in [0.4, 0.5) is 5.82 Å². The topological polar surface area (TPSA) is 70.9 Å². The highest BCUT2D eigenvalue weighted by Gasteiger charge is 2.42. The van der Waals surface area contributed by atoms with Crippen molar-refractivity contribution in [3.63, 3.8) is 0 Å². The number of para-hydroxylation sites is 1. The molecule has 3 aromatic rings. The summed E-state index contributed by atoms with van der Waals surface area (Å²) in [5.41, 5.74) is 1.53. The van der Waals surface area contributed by atoms with Crippen LogP contribution in [0.2, 0.25) is 5.15 Å². The second-order valence-electron chi connectivity index (χ2n) is 7.19. The molecule has 1 fully saturated rings. The Hall–Kier alpha value is -1.76. The van der Waals surface area contributed by atoms with Gasteiger partial charge >= 0.3 is 0 Å². The van der Waals surface area contributed by atoms with Gasteiger partial charge in [-0.1, -0.05) is 30.7 Å². The lowest BCUT2D eigenvalue weighted by Crippen LogP contribution is -2.39. The molecular formula is C19H21ClN4OS. The smallest absolute Gasteiger partial charge is 0.144 e. The highest BCUT2D eigenvalue weighted by molar-refractivity contribution is 7.21. The average Bonchev–Trinajstić information content (AvgIpc) is 3.16. The summed E-state index contributed by atoms with van der Waals surface area (Å²) in [5, 5.41) is 14.4. The number of halogens is 1. The molecule has 1 saturated carbocycles. The number of rotatable bonds is 4. The second kappa shape index (κ2) is 6.76. The first-order valence-corrected chi connectivity index (χ1v) is 9.97. The zero-order valence-corrected chi connectivity index (χ0v) is 16.3. The lowest BCUT2D eigenvalue weighted by molar-refractivity contribution is 0.187. The average molecular weight is 389 g/mol. The molecule has 136 valence electrons. The maximum atomic E-state index is 9.61. The largest absolute Gasteiger partial charge is 0.396 e. The number of thiazole rings is 1. The molecule has 5 nitrogen and oxygen atoms in total. The maximum Gasteiger partial charge on any atom is 0.144 e. The van der Waals surface area contributed by atoms with Gasteiger partial charge in [-0.25, -0.2) is 15.0 Å². The zero-order valence-electron chi connectivity index (χ0n) is 14.7. The van der Waals surface area contributed by atoms with Crippen molar-refractivity contribution in [3.8, 4) is 10.6 Å². The van der Waals surface area contributed by atoms with Crippen molar-refractivity contribution in [2.24, 2.45) is 11.8 Å². The summed E-state index contributed by atoms with van der Waals surface area (Å²) in [4.78, 5) is 13.4. The van der Waals surface area contributed by atoms with Gasteiger partial charge in [-0.05, 0) is 43.7 Å². The van der Waals surface area contributed by atoms with E-state index in [1.807, 2.05) is 24.3 Å². The molecule has 2 heterocycles. The highest BCUT2D eigenvalue weighted by Crippen LogP contribution is 2.44. The molecular weight excluding hydrogens is 368 g/mol. The minimum absolute atomic E-state index is 0.156. The Balaban J connectivity index is 1.75. The summed E-state index contributed by atoms with van der Waals surface area (Å²) < 4.78 is 1.11. The molecule has 1 aromatic carbocycles. The SMILES string of the molecule is CC1C(CO)CCC1(C)Nc1ncnc(Cl)c1-c1nc2ccccc2s1. The van der Waals surface area contributed by atoms with Crippen LogP contribution in [0.15, 0.2) is 30.6 Å². The van der Waals surface area contributed by atoms with Crippen LogP contribution in [0.25, 0.3) is 20.8 Å². The standard InChI is InChI=1S/C19H21ClN4OS/c1-11-12(9-25)7-8-19(11,2)24-17-15(16(20)21-10-22-17)18-23-13-5-3-4-6-14(13)26-18/h3-6,10-12,25H,7-9H2,1-2H3,(H,21,22,24). The molecule has 2 aromatic heterocycles. The Morgan fingerprint density at radius 2 is 2.15 bits per heavy atom. The van der Waals surface area contributed by atoms with Crippen molar-refractivity contribution < 1.29 is 5.11 Å². The van der Waals surface area contributed by atoms with Crippen molar-refractivity contribution in [2.75, 3.05) is 11.9 Å². The van der Waals surface area contributed by atoms with E-state index in [0.29, 0.717) is 22.8 Å². The summed E-state index contributed by atoms with van der Waals surface area (Å²) in [5.74, 6) is 1.33. The first-order chi connectivity index (χ1) is 12.5. The van der Waals surface area contributed by atoms with Crippen LogP contribution in [-0.2, 0) is 0 Å². The van der Waals surface area contributed by atoms with E-state index in [-0.39, 0.29) is 12.1 Å². The first kappa shape index (κ1) is 17.6. The monoisotopic (exact) mass is 388 g/mol. The summed E-state index contributed by atoms with van der Waals surface area (Å²) in [6, 6.07) is 8.02. The number of hydrogen-bond donors (Lipinski definition) is 2. The predicted molar refractivity (Wildman–Crippen MR) is 107 cm³/mol. The number of fused-ring (bicyclic) bond motifs is 1. The molecule has 0 amide bonds. The van der Waals surface area contributed by atoms with Gasteiger partial charge in [-0.2, -0.15) is 0 Å². The Kier molecular flexibility index (Phi) is 4.59. The number of aromatic nitrogens is 3. The van der Waals surface area contributed by atoms with Crippen molar-refractivity contribution in [3.05, 3.63) is 35.7 Å². The van der Waals surface area contributed by atoms with Gasteiger partial charge in [0.1, 0.15) is 22.3 Å². The summed E-state index contributed by atoms with van der Waals surface area (Å²) >= 11 is 8.04. The summed E-state index contributed by atoms with van der Waals surface area (Å²) in [7, 11) is 0. The molecule has 4 rings (SSSR count). The van der Waals surface area contributed by atoms with Crippen molar-refractivity contribution in [1.29, 1.82) is 0 Å². The molecule has 0 bridgehead atoms. The van der Waals surface area contributed by atoms with E-state index in [9.17, 15) is 5.11 Å². The number of nitrogens with one attached hydrogen (secondary N) is 1. The normalized spacial score (nSPS) is 25.7. The predicted octanol–water partition coefficient (Wildman–Crippen LogP) is 4.62. The van der Waals surface area contributed by atoms with Crippen molar-refractivity contribution in [1.82, 2.24) is 15.0 Å². The molecule has 0 spiro atoms. The van der Waals surface area contributed by atoms with Crippen LogP contribution in [0, 0.1) is 11.8 Å². The van der Waals surface area contributed by atoms with Crippen molar-refractivity contribution >= 4 is 39.0 Å². The lowest BCUT2D eigenvalue weighted by atomic mass is 9.86. The van der Waals surface area contributed by atoms with Crippen LogP contribution in [-0.4, -0.2) is 32.2 Å².